The van der Waals surface area contributed by atoms with Gasteiger partial charge in [0.1, 0.15) is 5.82 Å². The van der Waals surface area contributed by atoms with Gasteiger partial charge in [-0.1, -0.05) is 18.2 Å². The second-order valence-corrected chi connectivity index (χ2v) is 6.63. The number of rotatable bonds is 7. The molecule has 0 aliphatic heterocycles. The Morgan fingerprint density at radius 2 is 1.81 bits per heavy atom. The zero-order chi connectivity index (χ0) is 22.1. The first-order valence-corrected chi connectivity index (χ1v) is 9.85. The molecule has 0 amide bonds. The molecule has 3 rings (SSSR count). The van der Waals surface area contributed by atoms with E-state index < -0.39 is 5.97 Å². The van der Waals surface area contributed by atoms with Crippen LogP contribution in [0.25, 0.3) is 0 Å². The van der Waals surface area contributed by atoms with Crippen LogP contribution in [0.1, 0.15) is 22.8 Å². The zero-order valence-corrected chi connectivity index (χ0v) is 17.5. The second-order valence-electron chi connectivity index (χ2n) is 6.23. The van der Waals surface area contributed by atoms with Crippen LogP contribution in [-0.2, 0) is 0 Å². The van der Waals surface area contributed by atoms with Crippen LogP contribution in [0, 0.1) is 5.82 Å². The fourth-order valence-electron chi connectivity index (χ4n) is 2.55. The quantitative estimate of drug-likeness (QED) is 0.183. The van der Waals surface area contributed by atoms with Crippen molar-refractivity contribution in [1.29, 1.82) is 0 Å². The Morgan fingerprint density at radius 1 is 1.06 bits per heavy atom. The molecule has 3 aromatic rings. The SMILES string of the molecule is CCOc1cc(/C=N\NC(=S)Nc2ccc(F)cc2)ccc1OC(=O)c1ccccc1. The summed E-state index contributed by atoms with van der Waals surface area (Å²) >= 11 is 5.15. The van der Waals surface area contributed by atoms with Gasteiger partial charge in [-0.3, -0.25) is 5.43 Å². The summed E-state index contributed by atoms with van der Waals surface area (Å²) in [5.74, 6) is -0.0654. The molecule has 31 heavy (non-hydrogen) atoms. The first-order valence-electron chi connectivity index (χ1n) is 9.45. The standard InChI is InChI=1S/C23H20FN3O3S/c1-2-29-21-14-16(8-13-20(21)30-22(28)17-6-4-3-5-7-17)15-25-27-23(31)26-19-11-9-18(24)10-12-19/h3-15H,2H2,1H3,(H2,26,27,31)/b25-15-. The van der Waals surface area contributed by atoms with Crippen LogP contribution in [-0.4, -0.2) is 23.9 Å². The van der Waals surface area contributed by atoms with Crippen molar-refractivity contribution in [3.8, 4) is 11.5 Å². The normalized spacial score (nSPS) is 10.5. The van der Waals surface area contributed by atoms with E-state index in [2.05, 4.69) is 15.8 Å². The molecule has 0 spiro atoms. The van der Waals surface area contributed by atoms with Gasteiger partial charge in [0.15, 0.2) is 16.6 Å². The Kier molecular flexibility index (Phi) is 7.67. The Balaban J connectivity index is 1.63. The lowest BCUT2D eigenvalue weighted by molar-refractivity contribution is 0.0728. The van der Waals surface area contributed by atoms with E-state index in [0.29, 0.717) is 34.9 Å². The van der Waals surface area contributed by atoms with Crippen LogP contribution in [0.4, 0.5) is 10.1 Å². The molecule has 0 aromatic heterocycles. The van der Waals surface area contributed by atoms with E-state index in [1.807, 2.05) is 13.0 Å². The zero-order valence-electron chi connectivity index (χ0n) is 16.7. The van der Waals surface area contributed by atoms with Gasteiger partial charge in [0.2, 0.25) is 0 Å². The first-order chi connectivity index (χ1) is 15.0. The highest BCUT2D eigenvalue weighted by molar-refractivity contribution is 7.80. The lowest BCUT2D eigenvalue weighted by Gasteiger charge is -2.11. The number of carbonyl (C=O) groups excluding carboxylic acids is 1. The van der Waals surface area contributed by atoms with Crippen LogP contribution in [0.15, 0.2) is 77.9 Å². The van der Waals surface area contributed by atoms with Gasteiger partial charge in [-0.25, -0.2) is 9.18 Å². The van der Waals surface area contributed by atoms with Gasteiger partial charge in [-0.15, -0.1) is 0 Å². The largest absolute Gasteiger partial charge is 0.490 e. The van der Waals surface area contributed by atoms with Crippen LogP contribution in [0.2, 0.25) is 0 Å². The minimum absolute atomic E-state index is 0.251. The summed E-state index contributed by atoms with van der Waals surface area (Å²) in [4.78, 5) is 12.3. The minimum atomic E-state index is -0.471. The fourth-order valence-corrected chi connectivity index (χ4v) is 2.72. The van der Waals surface area contributed by atoms with Gasteiger partial charge in [-0.2, -0.15) is 5.10 Å². The number of anilines is 1. The predicted octanol–water partition coefficient (Wildman–Crippen LogP) is 4.76. The highest BCUT2D eigenvalue weighted by Crippen LogP contribution is 2.29. The maximum atomic E-state index is 12.9. The Bertz CT molecular complexity index is 1070. The summed E-state index contributed by atoms with van der Waals surface area (Å²) in [6, 6.07) is 19.6. The number of carbonyl (C=O) groups is 1. The number of ether oxygens (including phenoxy) is 2. The number of hydrazone groups is 1. The summed E-state index contributed by atoms with van der Waals surface area (Å²) < 4.78 is 24.0. The van der Waals surface area contributed by atoms with E-state index in [1.54, 1.807) is 60.8 Å². The number of esters is 1. The molecular weight excluding hydrogens is 417 g/mol. The van der Waals surface area contributed by atoms with Crippen molar-refractivity contribution < 1.29 is 18.7 Å². The molecule has 0 bridgehead atoms. The number of nitrogens with zero attached hydrogens (tertiary/aromatic N) is 1. The summed E-state index contributed by atoms with van der Waals surface area (Å²) in [6.07, 6.45) is 1.55. The van der Waals surface area contributed by atoms with Crippen LogP contribution in [0.3, 0.4) is 0 Å². The number of nitrogens with one attached hydrogen (secondary N) is 2. The molecule has 8 heteroatoms. The van der Waals surface area contributed by atoms with Crippen molar-refractivity contribution in [3.05, 3.63) is 89.7 Å². The van der Waals surface area contributed by atoms with Crippen molar-refractivity contribution in [2.75, 3.05) is 11.9 Å². The highest BCUT2D eigenvalue weighted by Gasteiger charge is 2.12. The molecule has 6 nitrogen and oxygen atoms in total. The van der Waals surface area contributed by atoms with Gasteiger partial charge < -0.3 is 14.8 Å². The maximum Gasteiger partial charge on any atom is 0.343 e. The molecule has 0 atom stereocenters. The van der Waals surface area contributed by atoms with Gasteiger partial charge in [0.25, 0.3) is 0 Å². The summed E-state index contributed by atoms with van der Waals surface area (Å²) in [7, 11) is 0. The van der Waals surface area contributed by atoms with Crippen molar-refractivity contribution in [1.82, 2.24) is 5.43 Å². The molecule has 0 fully saturated rings. The average molecular weight is 437 g/mol. The average Bonchev–Trinajstić information content (AvgIpc) is 2.78. The molecule has 0 aliphatic rings. The highest BCUT2D eigenvalue weighted by atomic mass is 32.1. The van der Waals surface area contributed by atoms with Crippen molar-refractivity contribution in [2.45, 2.75) is 6.92 Å². The van der Waals surface area contributed by atoms with Crippen molar-refractivity contribution in [2.24, 2.45) is 5.10 Å². The molecule has 0 aliphatic carbocycles. The Labute approximate surface area is 184 Å². The molecular formula is C23H20FN3O3S. The van der Waals surface area contributed by atoms with E-state index in [0.717, 1.165) is 0 Å². The summed E-state index contributed by atoms with van der Waals surface area (Å²) in [5, 5.41) is 7.22. The molecule has 2 N–H and O–H groups in total. The van der Waals surface area contributed by atoms with Crippen molar-refractivity contribution in [3.63, 3.8) is 0 Å². The molecule has 0 radical (unpaired) electrons. The number of thiocarbonyl (C=S) groups is 1. The third kappa shape index (κ3) is 6.61. The van der Waals surface area contributed by atoms with Crippen LogP contribution < -0.4 is 20.2 Å². The van der Waals surface area contributed by atoms with E-state index in [-0.39, 0.29) is 10.9 Å². The smallest absolute Gasteiger partial charge is 0.343 e. The first kappa shape index (κ1) is 21.9. The van der Waals surface area contributed by atoms with E-state index >= 15 is 0 Å². The summed E-state index contributed by atoms with van der Waals surface area (Å²) in [6.45, 7) is 2.24. The molecule has 0 saturated heterocycles. The van der Waals surface area contributed by atoms with Crippen molar-refractivity contribution >= 4 is 35.2 Å². The van der Waals surface area contributed by atoms with Gasteiger partial charge >= 0.3 is 5.97 Å². The molecule has 158 valence electrons. The van der Waals surface area contributed by atoms with Crippen LogP contribution in [0.5, 0.6) is 11.5 Å². The Hall–Kier alpha value is -3.78. The molecule has 0 saturated carbocycles. The predicted molar refractivity (Wildman–Crippen MR) is 122 cm³/mol. The second kappa shape index (κ2) is 10.8. The number of hydrogen-bond donors (Lipinski definition) is 2. The monoisotopic (exact) mass is 437 g/mol. The van der Waals surface area contributed by atoms with Gasteiger partial charge in [0.05, 0.1) is 18.4 Å². The third-order valence-electron chi connectivity index (χ3n) is 3.96. The minimum Gasteiger partial charge on any atom is -0.490 e. The maximum absolute atomic E-state index is 12.9. The van der Waals surface area contributed by atoms with Gasteiger partial charge in [-0.05, 0) is 79.3 Å². The topological polar surface area (TPSA) is 71.9 Å². The molecule has 0 unspecified atom stereocenters. The van der Waals surface area contributed by atoms with Gasteiger partial charge in [0, 0.05) is 5.69 Å². The van der Waals surface area contributed by atoms with E-state index in [9.17, 15) is 9.18 Å². The summed E-state index contributed by atoms with van der Waals surface area (Å²) in [5.41, 5.74) is 4.47. The molecule has 3 aromatic carbocycles. The lowest BCUT2D eigenvalue weighted by Crippen LogP contribution is -2.23. The third-order valence-corrected chi connectivity index (χ3v) is 4.15. The fraction of sp³-hybridized carbons (Fsp3) is 0.0870. The van der Waals surface area contributed by atoms with Crippen LogP contribution >= 0.6 is 12.2 Å². The van der Waals surface area contributed by atoms with E-state index in [4.69, 9.17) is 21.7 Å². The lowest BCUT2D eigenvalue weighted by atomic mass is 10.2. The Morgan fingerprint density at radius 3 is 2.52 bits per heavy atom. The number of hydrogen-bond acceptors (Lipinski definition) is 5. The number of benzene rings is 3. The molecule has 0 heterocycles. The number of halogens is 1. The van der Waals surface area contributed by atoms with E-state index in [1.165, 1.54) is 12.1 Å².